The largest absolute Gasteiger partial charge is 0.395 e. The number of rotatable bonds is 8. The fourth-order valence-electron chi connectivity index (χ4n) is 2.45. The Kier molecular flexibility index (Phi) is 6.84. The van der Waals surface area contributed by atoms with Crippen molar-refractivity contribution in [2.24, 2.45) is 0 Å². The minimum atomic E-state index is 0.0812. The Labute approximate surface area is 142 Å². The molecule has 0 heterocycles. The van der Waals surface area contributed by atoms with E-state index in [1.54, 1.807) is 18.7 Å². The Bertz CT molecular complexity index is 623. The first kappa shape index (κ1) is 17.7. The van der Waals surface area contributed by atoms with Crippen molar-refractivity contribution >= 4 is 17.5 Å². The van der Waals surface area contributed by atoms with E-state index in [1.165, 1.54) is 10.5 Å². The van der Waals surface area contributed by atoms with E-state index in [9.17, 15) is 9.90 Å². The van der Waals surface area contributed by atoms with Crippen LogP contribution < -0.4 is 0 Å². The standard InChI is InChI=1S/C19H23NO2S/c1-15(22)18-7-3-16(4-8-18)13-20(11-12-21)14-17-5-9-19(23-2)10-6-17/h3-10,21H,11-14H2,1-2H3. The van der Waals surface area contributed by atoms with Gasteiger partial charge in [-0.05, 0) is 36.4 Å². The van der Waals surface area contributed by atoms with Crippen molar-refractivity contribution in [3.63, 3.8) is 0 Å². The second-order valence-electron chi connectivity index (χ2n) is 5.54. The number of nitrogens with zero attached hydrogens (tertiary/aromatic N) is 1. The molecular weight excluding hydrogens is 306 g/mol. The van der Waals surface area contributed by atoms with Crippen LogP contribution in [-0.4, -0.2) is 35.2 Å². The number of hydrogen-bond donors (Lipinski definition) is 1. The normalized spacial score (nSPS) is 11.0. The molecule has 0 saturated heterocycles. The Morgan fingerprint density at radius 3 is 1.96 bits per heavy atom. The molecule has 4 heteroatoms. The van der Waals surface area contributed by atoms with Crippen molar-refractivity contribution in [2.45, 2.75) is 24.9 Å². The van der Waals surface area contributed by atoms with Crippen molar-refractivity contribution in [2.75, 3.05) is 19.4 Å². The first-order valence-corrected chi connectivity index (χ1v) is 8.91. The number of ketones is 1. The molecule has 0 fully saturated rings. The number of carbonyl (C=O) groups is 1. The van der Waals surface area contributed by atoms with Gasteiger partial charge in [0.2, 0.25) is 0 Å². The third-order valence-corrected chi connectivity index (χ3v) is 4.49. The lowest BCUT2D eigenvalue weighted by atomic mass is 10.1. The Hall–Kier alpha value is -1.62. The Morgan fingerprint density at radius 1 is 1.00 bits per heavy atom. The van der Waals surface area contributed by atoms with E-state index in [0.717, 1.165) is 24.2 Å². The summed E-state index contributed by atoms with van der Waals surface area (Å²) in [5.41, 5.74) is 3.11. The average Bonchev–Trinajstić information content (AvgIpc) is 2.56. The molecule has 0 radical (unpaired) electrons. The maximum Gasteiger partial charge on any atom is 0.159 e. The van der Waals surface area contributed by atoms with E-state index in [1.807, 2.05) is 24.3 Å². The van der Waals surface area contributed by atoms with E-state index in [2.05, 4.69) is 35.4 Å². The molecule has 3 nitrogen and oxygen atoms in total. The maximum absolute atomic E-state index is 11.3. The van der Waals surface area contributed by atoms with E-state index in [0.29, 0.717) is 6.54 Å². The Balaban J connectivity index is 2.03. The van der Waals surface area contributed by atoms with E-state index >= 15 is 0 Å². The fourth-order valence-corrected chi connectivity index (χ4v) is 2.86. The van der Waals surface area contributed by atoms with E-state index in [-0.39, 0.29) is 12.4 Å². The van der Waals surface area contributed by atoms with Gasteiger partial charge in [-0.1, -0.05) is 36.4 Å². The van der Waals surface area contributed by atoms with Gasteiger partial charge in [0.25, 0.3) is 0 Å². The molecule has 0 saturated carbocycles. The van der Waals surface area contributed by atoms with Gasteiger partial charge in [-0.15, -0.1) is 11.8 Å². The molecule has 0 amide bonds. The molecule has 0 aromatic heterocycles. The molecular formula is C19H23NO2S. The lowest BCUT2D eigenvalue weighted by Crippen LogP contribution is -2.26. The Morgan fingerprint density at radius 2 is 1.52 bits per heavy atom. The summed E-state index contributed by atoms with van der Waals surface area (Å²) < 4.78 is 0. The monoisotopic (exact) mass is 329 g/mol. The van der Waals surface area contributed by atoms with Crippen LogP contribution >= 0.6 is 11.8 Å². The van der Waals surface area contributed by atoms with Gasteiger partial charge in [0.05, 0.1) is 6.61 Å². The van der Waals surface area contributed by atoms with Gasteiger partial charge in [-0.25, -0.2) is 0 Å². The van der Waals surface area contributed by atoms with Crippen LogP contribution in [0.2, 0.25) is 0 Å². The summed E-state index contributed by atoms with van der Waals surface area (Å²) in [6, 6.07) is 16.2. The van der Waals surface area contributed by atoms with Gasteiger partial charge in [0, 0.05) is 30.1 Å². The van der Waals surface area contributed by atoms with Gasteiger partial charge in [-0.3, -0.25) is 9.69 Å². The van der Waals surface area contributed by atoms with E-state index in [4.69, 9.17) is 0 Å². The average molecular weight is 329 g/mol. The van der Waals surface area contributed by atoms with Crippen molar-refractivity contribution < 1.29 is 9.90 Å². The van der Waals surface area contributed by atoms with Gasteiger partial charge in [0.1, 0.15) is 0 Å². The summed E-state index contributed by atoms with van der Waals surface area (Å²) in [6.07, 6.45) is 2.07. The molecule has 0 atom stereocenters. The minimum Gasteiger partial charge on any atom is -0.395 e. The first-order valence-electron chi connectivity index (χ1n) is 7.68. The first-order chi connectivity index (χ1) is 11.1. The second-order valence-corrected chi connectivity index (χ2v) is 6.42. The zero-order valence-electron chi connectivity index (χ0n) is 13.7. The molecule has 0 unspecified atom stereocenters. The summed E-state index contributed by atoms with van der Waals surface area (Å²) in [6.45, 7) is 3.88. The molecule has 0 aliphatic heterocycles. The van der Waals surface area contributed by atoms with Crippen LogP contribution in [0, 0.1) is 0 Å². The number of thioether (sulfide) groups is 1. The fraction of sp³-hybridized carbons (Fsp3) is 0.316. The van der Waals surface area contributed by atoms with Gasteiger partial charge in [0.15, 0.2) is 5.78 Å². The van der Waals surface area contributed by atoms with Crippen LogP contribution in [0.4, 0.5) is 0 Å². The summed E-state index contributed by atoms with van der Waals surface area (Å²) in [4.78, 5) is 14.8. The zero-order chi connectivity index (χ0) is 16.7. The van der Waals surface area contributed by atoms with Crippen molar-refractivity contribution in [3.8, 4) is 0 Å². The minimum absolute atomic E-state index is 0.0812. The summed E-state index contributed by atoms with van der Waals surface area (Å²) in [7, 11) is 0. The third kappa shape index (κ3) is 5.50. The van der Waals surface area contributed by atoms with Crippen molar-refractivity contribution in [1.82, 2.24) is 4.90 Å². The maximum atomic E-state index is 11.3. The number of aliphatic hydroxyl groups excluding tert-OH is 1. The molecule has 122 valence electrons. The zero-order valence-corrected chi connectivity index (χ0v) is 14.5. The van der Waals surface area contributed by atoms with Crippen molar-refractivity contribution in [1.29, 1.82) is 0 Å². The van der Waals surface area contributed by atoms with Crippen LogP contribution in [0.25, 0.3) is 0 Å². The number of Topliss-reactive ketones (excluding diaryl/α,β-unsaturated/α-hetero) is 1. The quantitative estimate of drug-likeness (QED) is 0.593. The molecule has 23 heavy (non-hydrogen) atoms. The van der Waals surface area contributed by atoms with E-state index < -0.39 is 0 Å². The summed E-state index contributed by atoms with van der Waals surface area (Å²) >= 11 is 1.73. The van der Waals surface area contributed by atoms with Gasteiger partial charge in [-0.2, -0.15) is 0 Å². The lowest BCUT2D eigenvalue weighted by Gasteiger charge is -2.21. The molecule has 2 aromatic carbocycles. The van der Waals surface area contributed by atoms with Crippen LogP contribution in [0.5, 0.6) is 0 Å². The highest BCUT2D eigenvalue weighted by atomic mass is 32.2. The van der Waals surface area contributed by atoms with Crippen LogP contribution in [-0.2, 0) is 13.1 Å². The van der Waals surface area contributed by atoms with Crippen molar-refractivity contribution in [3.05, 3.63) is 65.2 Å². The van der Waals surface area contributed by atoms with Crippen LogP contribution in [0.1, 0.15) is 28.4 Å². The molecule has 0 bridgehead atoms. The van der Waals surface area contributed by atoms with Gasteiger partial charge >= 0.3 is 0 Å². The second kappa shape index (κ2) is 8.87. The predicted octanol–water partition coefficient (Wildman–Crippen LogP) is 3.61. The highest BCUT2D eigenvalue weighted by Crippen LogP contribution is 2.17. The smallest absolute Gasteiger partial charge is 0.159 e. The number of hydrogen-bond acceptors (Lipinski definition) is 4. The number of carbonyl (C=O) groups excluding carboxylic acids is 1. The molecule has 1 N–H and O–H groups in total. The lowest BCUT2D eigenvalue weighted by molar-refractivity contribution is 0.101. The van der Waals surface area contributed by atoms with Crippen LogP contribution in [0.3, 0.4) is 0 Å². The highest BCUT2D eigenvalue weighted by molar-refractivity contribution is 7.98. The molecule has 2 rings (SSSR count). The number of aliphatic hydroxyl groups is 1. The molecule has 0 aliphatic carbocycles. The molecule has 0 aliphatic rings. The molecule has 2 aromatic rings. The highest BCUT2D eigenvalue weighted by Gasteiger charge is 2.08. The number of benzene rings is 2. The third-order valence-electron chi connectivity index (χ3n) is 3.75. The van der Waals surface area contributed by atoms with Gasteiger partial charge < -0.3 is 5.11 Å². The topological polar surface area (TPSA) is 40.5 Å². The molecule has 0 spiro atoms. The summed E-state index contributed by atoms with van der Waals surface area (Å²) in [5, 5.41) is 9.30. The SMILES string of the molecule is CSc1ccc(CN(CCO)Cc2ccc(C(C)=O)cc2)cc1. The predicted molar refractivity (Wildman–Crippen MR) is 95.9 cm³/mol. The summed E-state index contributed by atoms with van der Waals surface area (Å²) in [5.74, 6) is 0.0812. The van der Waals surface area contributed by atoms with Crippen LogP contribution in [0.15, 0.2) is 53.4 Å².